The Morgan fingerprint density at radius 1 is 1.53 bits per heavy atom. The van der Waals surface area contributed by atoms with E-state index in [0.717, 1.165) is 5.56 Å². The number of benzene rings is 1. The van der Waals surface area contributed by atoms with E-state index in [1.54, 1.807) is 19.1 Å². The van der Waals surface area contributed by atoms with Gasteiger partial charge in [0.25, 0.3) is 0 Å². The maximum Gasteiger partial charge on any atom is 0.231 e. The van der Waals surface area contributed by atoms with Gasteiger partial charge in [-0.3, -0.25) is 4.79 Å². The van der Waals surface area contributed by atoms with Gasteiger partial charge in [-0.2, -0.15) is 0 Å². The highest BCUT2D eigenvalue weighted by molar-refractivity contribution is 5.95. The van der Waals surface area contributed by atoms with E-state index in [-0.39, 0.29) is 18.1 Å². The maximum atomic E-state index is 13.5. The summed E-state index contributed by atoms with van der Waals surface area (Å²) >= 11 is 0. The Kier molecular flexibility index (Phi) is 4.23. The van der Waals surface area contributed by atoms with Gasteiger partial charge >= 0.3 is 0 Å². The fourth-order valence-corrected chi connectivity index (χ4v) is 1.41. The molecule has 1 rings (SSSR count). The van der Waals surface area contributed by atoms with Gasteiger partial charge in [0.05, 0.1) is 11.1 Å². The average molecular weight is 238 g/mol. The fraction of sp³-hybridized carbons (Fsp3) is 0.462. The highest BCUT2D eigenvalue weighted by Crippen LogP contribution is 2.23. The highest BCUT2D eigenvalue weighted by Gasteiger charge is 2.30. The number of nitrogens with two attached hydrogens (primary N) is 1. The van der Waals surface area contributed by atoms with E-state index >= 15 is 0 Å². The summed E-state index contributed by atoms with van der Waals surface area (Å²) in [5.41, 5.74) is 6.04. The summed E-state index contributed by atoms with van der Waals surface area (Å²) in [4.78, 5) is 12.0. The van der Waals surface area contributed by atoms with Gasteiger partial charge in [0.15, 0.2) is 0 Å². The number of hydrogen-bond acceptors (Lipinski definition) is 2. The SMILES string of the molecule is CCC(C)(CN)C(=O)Nc1cc(C)ccc1F. The standard InChI is InChI=1S/C13H19FN2O/c1-4-13(3,8-15)12(17)16-11-7-9(2)5-6-10(11)14/h5-7H,4,8,15H2,1-3H3,(H,16,17). The molecule has 1 aromatic carbocycles. The van der Waals surface area contributed by atoms with Gasteiger partial charge in [-0.1, -0.05) is 13.0 Å². The van der Waals surface area contributed by atoms with Crippen molar-refractivity contribution in [3.63, 3.8) is 0 Å². The third kappa shape index (κ3) is 3.03. The van der Waals surface area contributed by atoms with Crippen LogP contribution < -0.4 is 11.1 Å². The van der Waals surface area contributed by atoms with Crippen molar-refractivity contribution in [2.45, 2.75) is 27.2 Å². The van der Waals surface area contributed by atoms with Crippen molar-refractivity contribution in [1.82, 2.24) is 0 Å². The molecule has 0 aliphatic rings. The molecular formula is C13H19FN2O. The third-order valence-corrected chi connectivity index (χ3v) is 3.15. The van der Waals surface area contributed by atoms with Crippen LogP contribution in [0.2, 0.25) is 0 Å². The molecule has 0 bridgehead atoms. The summed E-state index contributed by atoms with van der Waals surface area (Å²) in [5.74, 6) is -0.675. The van der Waals surface area contributed by atoms with Gasteiger partial charge in [-0.05, 0) is 38.0 Å². The van der Waals surface area contributed by atoms with Crippen molar-refractivity contribution in [3.05, 3.63) is 29.6 Å². The number of amides is 1. The van der Waals surface area contributed by atoms with Gasteiger partial charge in [0, 0.05) is 6.54 Å². The highest BCUT2D eigenvalue weighted by atomic mass is 19.1. The van der Waals surface area contributed by atoms with E-state index in [9.17, 15) is 9.18 Å². The minimum atomic E-state index is -0.657. The minimum Gasteiger partial charge on any atom is -0.329 e. The molecule has 3 nitrogen and oxygen atoms in total. The minimum absolute atomic E-state index is 0.211. The van der Waals surface area contributed by atoms with E-state index < -0.39 is 11.2 Å². The number of rotatable bonds is 4. The lowest BCUT2D eigenvalue weighted by Gasteiger charge is -2.25. The van der Waals surface area contributed by atoms with Crippen LogP contribution in [-0.4, -0.2) is 12.5 Å². The number of hydrogen-bond donors (Lipinski definition) is 2. The molecule has 0 heterocycles. The van der Waals surface area contributed by atoms with E-state index in [0.29, 0.717) is 6.42 Å². The van der Waals surface area contributed by atoms with Crippen LogP contribution in [0.5, 0.6) is 0 Å². The molecule has 0 aliphatic carbocycles. The van der Waals surface area contributed by atoms with Crippen molar-refractivity contribution < 1.29 is 9.18 Å². The topological polar surface area (TPSA) is 55.1 Å². The number of halogens is 1. The van der Waals surface area contributed by atoms with Crippen LogP contribution in [0.1, 0.15) is 25.8 Å². The predicted octanol–water partition coefficient (Wildman–Crippen LogP) is 2.45. The lowest BCUT2D eigenvalue weighted by molar-refractivity contribution is -0.124. The Bertz CT molecular complexity index is 414. The van der Waals surface area contributed by atoms with Crippen molar-refractivity contribution in [1.29, 1.82) is 0 Å². The molecular weight excluding hydrogens is 219 g/mol. The van der Waals surface area contributed by atoms with Gasteiger partial charge < -0.3 is 11.1 Å². The zero-order valence-corrected chi connectivity index (χ0v) is 10.5. The lowest BCUT2D eigenvalue weighted by Crippen LogP contribution is -2.39. The van der Waals surface area contributed by atoms with Crippen LogP contribution in [0, 0.1) is 18.2 Å². The Morgan fingerprint density at radius 3 is 2.71 bits per heavy atom. The molecule has 0 saturated carbocycles. The number of carbonyl (C=O) groups excluding carboxylic acids is 1. The zero-order chi connectivity index (χ0) is 13.1. The summed E-state index contributed by atoms with van der Waals surface area (Å²) in [6.45, 7) is 5.74. The zero-order valence-electron chi connectivity index (χ0n) is 10.5. The molecule has 17 heavy (non-hydrogen) atoms. The number of carbonyl (C=O) groups is 1. The van der Waals surface area contributed by atoms with Gasteiger partial charge in [0.1, 0.15) is 5.82 Å². The first-order valence-corrected chi connectivity index (χ1v) is 5.70. The van der Waals surface area contributed by atoms with Crippen LogP contribution in [0.15, 0.2) is 18.2 Å². The van der Waals surface area contributed by atoms with Crippen LogP contribution in [-0.2, 0) is 4.79 Å². The third-order valence-electron chi connectivity index (χ3n) is 3.15. The monoisotopic (exact) mass is 238 g/mol. The number of aryl methyl sites for hydroxylation is 1. The summed E-state index contributed by atoms with van der Waals surface area (Å²) in [6, 6.07) is 4.61. The van der Waals surface area contributed by atoms with E-state index in [2.05, 4.69) is 5.32 Å². The molecule has 94 valence electrons. The van der Waals surface area contributed by atoms with E-state index in [1.807, 2.05) is 13.8 Å². The molecule has 0 aromatic heterocycles. The average Bonchev–Trinajstić information content (AvgIpc) is 2.32. The second-order valence-electron chi connectivity index (χ2n) is 4.56. The summed E-state index contributed by atoms with van der Waals surface area (Å²) in [5, 5.41) is 2.60. The Hall–Kier alpha value is -1.42. The molecule has 3 N–H and O–H groups in total. The van der Waals surface area contributed by atoms with Crippen LogP contribution in [0.4, 0.5) is 10.1 Å². The molecule has 1 unspecified atom stereocenters. The first kappa shape index (κ1) is 13.6. The first-order valence-electron chi connectivity index (χ1n) is 5.70. The fourth-order valence-electron chi connectivity index (χ4n) is 1.41. The molecule has 1 aromatic rings. The molecule has 1 atom stereocenters. The molecule has 0 aliphatic heterocycles. The van der Waals surface area contributed by atoms with Crippen molar-refractivity contribution >= 4 is 11.6 Å². The van der Waals surface area contributed by atoms with E-state index in [1.165, 1.54) is 6.07 Å². The quantitative estimate of drug-likeness (QED) is 0.846. The first-order chi connectivity index (χ1) is 7.92. The molecule has 0 fully saturated rings. The number of anilines is 1. The van der Waals surface area contributed by atoms with Gasteiger partial charge in [-0.15, -0.1) is 0 Å². The van der Waals surface area contributed by atoms with Crippen molar-refractivity contribution in [2.75, 3.05) is 11.9 Å². The Balaban J connectivity index is 2.91. The summed E-state index contributed by atoms with van der Waals surface area (Å²) in [6.07, 6.45) is 0.614. The second kappa shape index (κ2) is 5.27. The maximum absolute atomic E-state index is 13.5. The molecule has 4 heteroatoms. The second-order valence-corrected chi connectivity index (χ2v) is 4.56. The summed E-state index contributed by atoms with van der Waals surface area (Å²) in [7, 11) is 0. The van der Waals surface area contributed by atoms with Crippen molar-refractivity contribution in [3.8, 4) is 0 Å². The van der Waals surface area contributed by atoms with Gasteiger partial charge in [-0.25, -0.2) is 4.39 Å². The summed E-state index contributed by atoms with van der Waals surface area (Å²) < 4.78 is 13.5. The van der Waals surface area contributed by atoms with Crippen LogP contribution in [0.3, 0.4) is 0 Å². The Labute approximate surface area is 101 Å². The lowest BCUT2D eigenvalue weighted by atomic mass is 9.86. The smallest absolute Gasteiger partial charge is 0.231 e. The van der Waals surface area contributed by atoms with Crippen LogP contribution in [0.25, 0.3) is 0 Å². The van der Waals surface area contributed by atoms with Gasteiger partial charge in [0.2, 0.25) is 5.91 Å². The van der Waals surface area contributed by atoms with Crippen LogP contribution >= 0.6 is 0 Å². The molecule has 0 radical (unpaired) electrons. The number of nitrogens with one attached hydrogen (secondary N) is 1. The Morgan fingerprint density at radius 2 is 2.18 bits per heavy atom. The predicted molar refractivity (Wildman–Crippen MR) is 67.2 cm³/mol. The normalized spacial score (nSPS) is 14.2. The molecule has 0 spiro atoms. The van der Waals surface area contributed by atoms with Crippen molar-refractivity contribution in [2.24, 2.45) is 11.1 Å². The molecule has 0 saturated heterocycles. The van der Waals surface area contributed by atoms with E-state index in [4.69, 9.17) is 5.73 Å². The largest absolute Gasteiger partial charge is 0.329 e. The molecule has 1 amide bonds.